The van der Waals surface area contributed by atoms with E-state index >= 15 is 0 Å². The highest BCUT2D eigenvalue weighted by Crippen LogP contribution is 2.19. The van der Waals surface area contributed by atoms with Crippen LogP contribution in [0.25, 0.3) is 11.0 Å². The highest BCUT2D eigenvalue weighted by atomic mass is 35.5. The minimum atomic E-state index is -0.938. The molecule has 0 radical (unpaired) electrons. The number of aliphatic carboxylic acids is 1. The summed E-state index contributed by atoms with van der Waals surface area (Å²) >= 11 is 5.94. The minimum Gasteiger partial charge on any atom is -0.481 e. The lowest BCUT2D eigenvalue weighted by Crippen LogP contribution is -2.38. The molecule has 118 valence electrons. The Morgan fingerprint density at radius 3 is 2.86 bits per heavy atom. The lowest BCUT2D eigenvalue weighted by atomic mass is 10.3. The van der Waals surface area contributed by atoms with Crippen LogP contribution in [0.1, 0.15) is 12.2 Å². The maximum Gasteiger partial charge on any atom is 0.317 e. The third-order valence-electron chi connectivity index (χ3n) is 3.34. The molecular formula is C14H17ClN4O3. The molecule has 0 aliphatic rings. The standard InChI is InChI=1S/C14H17ClN4O3/c1-18(6-5-13(20)21)14(22)16-8-12-17-10-7-9(15)3-4-11(10)19(12)2/h3-4,7H,5-6,8H2,1-2H3,(H,16,22)(H,20,21). The molecule has 0 aliphatic carbocycles. The summed E-state index contributed by atoms with van der Waals surface area (Å²) in [5.41, 5.74) is 1.69. The number of hydrogen-bond donors (Lipinski definition) is 2. The number of imidazole rings is 1. The van der Waals surface area contributed by atoms with Gasteiger partial charge in [0.2, 0.25) is 0 Å². The fourth-order valence-electron chi connectivity index (χ4n) is 2.04. The molecule has 0 aliphatic heterocycles. The van der Waals surface area contributed by atoms with Crippen LogP contribution in [0.3, 0.4) is 0 Å². The number of aryl methyl sites for hydroxylation is 1. The molecule has 22 heavy (non-hydrogen) atoms. The number of benzene rings is 1. The fraction of sp³-hybridized carbons (Fsp3) is 0.357. The number of hydrogen-bond acceptors (Lipinski definition) is 3. The van der Waals surface area contributed by atoms with Crippen LogP contribution in [-0.2, 0) is 18.4 Å². The van der Waals surface area contributed by atoms with Crippen LogP contribution in [0, 0.1) is 0 Å². The monoisotopic (exact) mass is 324 g/mol. The molecule has 0 spiro atoms. The van der Waals surface area contributed by atoms with Crippen LogP contribution >= 0.6 is 11.6 Å². The summed E-state index contributed by atoms with van der Waals surface area (Å²) < 4.78 is 1.88. The van der Waals surface area contributed by atoms with E-state index in [-0.39, 0.29) is 25.5 Å². The topological polar surface area (TPSA) is 87.5 Å². The van der Waals surface area contributed by atoms with Gasteiger partial charge in [-0.1, -0.05) is 11.6 Å². The van der Waals surface area contributed by atoms with Crippen molar-refractivity contribution in [3.8, 4) is 0 Å². The first-order valence-electron chi connectivity index (χ1n) is 6.70. The molecule has 2 aromatic rings. The number of carbonyl (C=O) groups is 2. The number of carboxylic acids is 1. The lowest BCUT2D eigenvalue weighted by Gasteiger charge is -2.16. The van der Waals surface area contributed by atoms with Gasteiger partial charge < -0.3 is 19.9 Å². The highest BCUT2D eigenvalue weighted by Gasteiger charge is 2.12. The number of aromatic nitrogens is 2. The number of urea groups is 1. The van der Waals surface area contributed by atoms with E-state index in [1.807, 2.05) is 17.7 Å². The zero-order valence-electron chi connectivity index (χ0n) is 12.3. The van der Waals surface area contributed by atoms with Gasteiger partial charge >= 0.3 is 12.0 Å². The second-order valence-corrected chi connectivity index (χ2v) is 5.38. The highest BCUT2D eigenvalue weighted by molar-refractivity contribution is 6.31. The lowest BCUT2D eigenvalue weighted by molar-refractivity contribution is -0.137. The predicted octanol–water partition coefficient (Wildman–Crippen LogP) is 1.84. The molecule has 0 fully saturated rings. The zero-order chi connectivity index (χ0) is 16.3. The molecule has 8 heteroatoms. The maximum absolute atomic E-state index is 11.9. The Balaban J connectivity index is 2.01. The van der Waals surface area contributed by atoms with E-state index in [9.17, 15) is 9.59 Å². The zero-order valence-corrected chi connectivity index (χ0v) is 13.1. The van der Waals surface area contributed by atoms with Crippen molar-refractivity contribution in [2.45, 2.75) is 13.0 Å². The minimum absolute atomic E-state index is 0.0886. The van der Waals surface area contributed by atoms with Crippen LogP contribution in [0.5, 0.6) is 0 Å². The number of carbonyl (C=O) groups excluding carboxylic acids is 1. The van der Waals surface area contributed by atoms with Gasteiger partial charge in [0.15, 0.2) is 0 Å². The van der Waals surface area contributed by atoms with Gasteiger partial charge in [-0.15, -0.1) is 0 Å². The number of nitrogens with one attached hydrogen (secondary N) is 1. The smallest absolute Gasteiger partial charge is 0.317 e. The number of amides is 2. The van der Waals surface area contributed by atoms with Crippen molar-refractivity contribution in [1.82, 2.24) is 19.8 Å². The Morgan fingerprint density at radius 2 is 2.18 bits per heavy atom. The molecule has 1 aromatic carbocycles. The van der Waals surface area contributed by atoms with Gasteiger partial charge in [-0.3, -0.25) is 4.79 Å². The number of carboxylic acid groups (broad SMARTS) is 1. The van der Waals surface area contributed by atoms with Crippen molar-refractivity contribution in [2.75, 3.05) is 13.6 Å². The van der Waals surface area contributed by atoms with Crippen LogP contribution in [0.15, 0.2) is 18.2 Å². The Kier molecular flexibility index (Phi) is 4.87. The van der Waals surface area contributed by atoms with Gasteiger partial charge in [-0.25, -0.2) is 9.78 Å². The summed E-state index contributed by atoms with van der Waals surface area (Å²) in [6.45, 7) is 0.401. The van der Waals surface area contributed by atoms with Gasteiger partial charge in [0.1, 0.15) is 5.82 Å². The van der Waals surface area contributed by atoms with E-state index in [1.165, 1.54) is 4.90 Å². The quantitative estimate of drug-likeness (QED) is 0.878. The first-order valence-corrected chi connectivity index (χ1v) is 7.08. The molecule has 7 nitrogen and oxygen atoms in total. The van der Waals surface area contributed by atoms with Crippen molar-refractivity contribution in [2.24, 2.45) is 7.05 Å². The van der Waals surface area contributed by atoms with E-state index in [4.69, 9.17) is 16.7 Å². The molecular weight excluding hydrogens is 308 g/mol. The average Bonchev–Trinajstić information content (AvgIpc) is 2.77. The summed E-state index contributed by atoms with van der Waals surface area (Å²) in [4.78, 5) is 28.1. The van der Waals surface area contributed by atoms with Crippen molar-refractivity contribution in [1.29, 1.82) is 0 Å². The molecule has 2 N–H and O–H groups in total. The molecule has 2 rings (SSSR count). The third kappa shape index (κ3) is 3.67. The second kappa shape index (κ2) is 6.65. The fourth-order valence-corrected chi connectivity index (χ4v) is 2.20. The molecule has 1 aromatic heterocycles. The Hall–Kier alpha value is -2.28. The Morgan fingerprint density at radius 1 is 1.45 bits per heavy atom. The third-order valence-corrected chi connectivity index (χ3v) is 3.58. The largest absolute Gasteiger partial charge is 0.481 e. The van der Waals surface area contributed by atoms with E-state index in [0.717, 1.165) is 11.0 Å². The van der Waals surface area contributed by atoms with E-state index < -0.39 is 5.97 Å². The molecule has 0 atom stereocenters. The molecule has 0 saturated carbocycles. The van der Waals surface area contributed by atoms with Gasteiger partial charge in [0.05, 0.1) is 24.0 Å². The van der Waals surface area contributed by atoms with E-state index in [0.29, 0.717) is 10.8 Å². The first-order chi connectivity index (χ1) is 10.4. The predicted molar refractivity (Wildman–Crippen MR) is 82.8 cm³/mol. The van der Waals surface area contributed by atoms with Crippen LogP contribution in [-0.4, -0.2) is 45.2 Å². The van der Waals surface area contributed by atoms with Crippen molar-refractivity contribution >= 4 is 34.6 Å². The number of nitrogens with zero attached hydrogens (tertiary/aromatic N) is 3. The Labute approximate surface area is 132 Å². The molecule has 0 bridgehead atoms. The summed E-state index contributed by atoms with van der Waals surface area (Å²) in [5, 5.41) is 11.9. The van der Waals surface area contributed by atoms with Gasteiger partial charge in [0.25, 0.3) is 0 Å². The van der Waals surface area contributed by atoms with Crippen molar-refractivity contribution in [3.63, 3.8) is 0 Å². The number of halogens is 1. The van der Waals surface area contributed by atoms with Crippen LogP contribution in [0.2, 0.25) is 5.02 Å². The molecule has 0 unspecified atom stereocenters. The molecule has 2 amide bonds. The van der Waals surface area contributed by atoms with Crippen molar-refractivity contribution in [3.05, 3.63) is 29.0 Å². The van der Waals surface area contributed by atoms with Crippen LogP contribution < -0.4 is 5.32 Å². The van der Waals surface area contributed by atoms with Gasteiger partial charge in [-0.2, -0.15) is 0 Å². The summed E-state index contributed by atoms with van der Waals surface area (Å²) in [7, 11) is 3.41. The number of fused-ring (bicyclic) bond motifs is 1. The van der Waals surface area contributed by atoms with Gasteiger partial charge in [-0.05, 0) is 18.2 Å². The van der Waals surface area contributed by atoms with Crippen LogP contribution in [0.4, 0.5) is 4.79 Å². The number of rotatable bonds is 5. The summed E-state index contributed by atoms with van der Waals surface area (Å²) in [5.74, 6) is -0.246. The molecule has 1 heterocycles. The SMILES string of the molecule is CN(CCC(=O)O)C(=O)NCc1nc2cc(Cl)ccc2n1C. The second-order valence-electron chi connectivity index (χ2n) is 4.94. The van der Waals surface area contributed by atoms with Gasteiger partial charge in [0, 0.05) is 25.7 Å². The van der Waals surface area contributed by atoms with E-state index in [2.05, 4.69) is 10.3 Å². The normalized spacial score (nSPS) is 10.7. The molecule has 0 saturated heterocycles. The van der Waals surface area contributed by atoms with E-state index in [1.54, 1.807) is 19.2 Å². The van der Waals surface area contributed by atoms with Crippen molar-refractivity contribution < 1.29 is 14.7 Å². The summed E-state index contributed by atoms with van der Waals surface area (Å²) in [6.07, 6.45) is -0.0886. The maximum atomic E-state index is 11.9. The summed E-state index contributed by atoms with van der Waals surface area (Å²) in [6, 6.07) is 5.08. The average molecular weight is 325 g/mol. The first kappa shape index (κ1) is 16.1. The Bertz CT molecular complexity index is 713.